The van der Waals surface area contributed by atoms with E-state index in [0.29, 0.717) is 11.1 Å². The number of nitrogens with zero attached hydrogens (tertiary/aromatic N) is 2. The monoisotopic (exact) mass is 269 g/mol. The Morgan fingerprint density at radius 1 is 1.22 bits per heavy atom. The minimum Gasteiger partial charge on any atom is -0.366 e. The summed E-state index contributed by atoms with van der Waals surface area (Å²) in [6, 6.07) is 0.402. The van der Waals surface area contributed by atoms with Crippen LogP contribution in [0.4, 0.5) is 5.82 Å². The van der Waals surface area contributed by atoms with Crippen molar-refractivity contribution in [2.45, 2.75) is 65.3 Å². The molecule has 1 aromatic rings. The summed E-state index contributed by atoms with van der Waals surface area (Å²) < 4.78 is 0. The second-order valence-electron chi connectivity index (χ2n) is 4.73. The van der Waals surface area contributed by atoms with Crippen LogP contribution in [0.2, 0.25) is 5.02 Å². The van der Waals surface area contributed by atoms with Crippen molar-refractivity contribution in [3.05, 3.63) is 17.0 Å². The molecule has 0 saturated carbocycles. The van der Waals surface area contributed by atoms with E-state index < -0.39 is 0 Å². The molecule has 0 aliphatic heterocycles. The molecule has 0 saturated heterocycles. The molecular weight excluding hydrogens is 246 g/mol. The highest BCUT2D eigenvalue weighted by Gasteiger charge is 2.10. The first-order valence-electron chi connectivity index (χ1n) is 6.94. The van der Waals surface area contributed by atoms with Gasteiger partial charge in [0.2, 0.25) is 0 Å². The third-order valence-electron chi connectivity index (χ3n) is 3.07. The van der Waals surface area contributed by atoms with Crippen LogP contribution < -0.4 is 5.32 Å². The molecule has 1 rings (SSSR count). The van der Waals surface area contributed by atoms with Crippen LogP contribution in [-0.4, -0.2) is 16.0 Å². The molecule has 1 unspecified atom stereocenters. The third-order valence-corrected chi connectivity index (χ3v) is 3.47. The quantitative estimate of drug-likeness (QED) is 0.708. The van der Waals surface area contributed by atoms with Crippen molar-refractivity contribution in [2.24, 2.45) is 0 Å². The van der Waals surface area contributed by atoms with Gasteiger partial charge in [-0.15, -0.1) is 0 Å². The summed E-state index contributed by atoms with van der Waals surface area (Å²) in [6.07, 6.45) is 8.73. The Bertz CT molecular complexity index is 355. The Kier molecular flexibility index (Phi) is 7.02. The largest absolute Gasteiger partial charge is 0.366 e. The first kappa shape index (κ1) is 15.2. The van der Waals surface area contributed by atoms with E-state index in [1.807, 2.05) is 6.92 Å². The lowest BCUT2D eigenvalue weighted by atomic mass is 10.1. The van der Waals surface area contributed by atoms with Crippen LogP contribution in [0.15, 0.2) is 6.33 Å². The lowest BCUT2D eigenvalue weighted by Gasteiger charge is -2.16. The third kappa shape index (κ3) is 4.81. The standard InChI is InChI=1S/C14H24ClN3/c1-4-6-7-8-9-11(3)18-14-13(15)12(5-2)16-10-17-14/h10-11H,4-9H2,1-3H3,(H,16,17,18). The van der Waals surface area contributed by atoms with Gasteiger partial charge in [-0.2, -0.15) is 0 Å². The number of hydrogen-bond donors (Lipinski definition) is 1. The number of aryl methyl sites for hydroxylation is 1. The summed E-state index contributed by atoms with van der Waals surface area (Å²) in [6.45, 7) is 6.46. The lowest BCUT2D eigenvalue weighted by Crippen LogP contribution is -2.16. The molecule has 1 heterocycles. The molecule has 102 valence electrons. The van der Waals surface area contributed by atoms with Crippen LogP contribution in [0.25, 0.3) is 0 Å². The number of hydrogen-bond acceptors (Lipinski definition) is 3. The van der Waals surface area contributed by atoms with Crippen molar-refractivity contribution in [3.63, 3.8) is 0 Å². The molecule has 0 fully saturated rings. The van der Waals surface area contributed by atoms with Gasteiger partial charge in [-0.25, -0.2) is 9.97 Å². The summed E-state index contributed by atoms with van der Waals surface area (Å²) in [4.78, 5) is 8.39. The van der Waals surface area contributed by atoms with Crippen LogP contribution in [0.3, 0.4) is 0 Å². The molecule has 3 nitrogen and oxygen atoms in total. The first-order chi connectivity index (χ1) is 8.69. The molecule has 4 heteroatoms. The molecule has 18 heavy (non-hydrogen) atoms. The maximum Gasteiger partial charge on any atom is 0.148 e. The van der Waals surface area contributed by atoms with Gasteiger partial charge in [0, 0.05) is 6.04 Å². The molecule has 1 atom stereocenters. The fourth-order valence-electron chi connectivity index (χ4n) is 1.94. The van der Waals surface area contributed by atoms with Crippen LogP contribution >= 0.6 is 11.6 Å². The van der Waals surface area contributed by atoms with Gasteiger partial charge in [0.1, 0.15) is 17.2 Å². The van der Waals surface area contributed by atoms with Crippen LogP contribution in [0.5, 0.6) is 0 Å². The molecule has 1 aromatic heterocycles. The molecule has 0 aliphatic rings. The van der Waals surface area contributed by atoms with Crippen molar-refractivity contribution in [3.8, 4) is 0 Å². The van der Waals surface area contributed by atoms with E-state index in [1.54, 1.807) is 6.33 Å². The Hall–Kier alpha value is -0.830. The molecule has 0 bridgehead atoms. The maximum atomic E-state index is 6.25. The average molecular weight is 270 g/mol. The van der Waals surface area contributed by atoms with E-state index in [4.69, 9.17) is 11.6 Å². The Balaban J connectivity index is 2.46. The van der Waals surface area contributed by atoms with Crippen molar-refractivity contribution in [2.75, 3.05) is 5.32 Å². The van der Waals surface area contributed by atoms with Crippen molar-refractivity contribution in [1.29, 1.82) is 0 Å². The van der Waals surface area contributed by atoms with E-state index in [-0.39, 0.29) is 0 Å². The normalized spacial score (nSPS) is 12.4. The van der Waals surface area contributed by atoms with E-state index >= 15 is 0 Å². The van der Waals surface area contributed by atoms with Crippen molar-refractivity contribution >= 4 is 17.4 Å². The van der Waals surface area contributed by atoms with Gasteiger partial charge in [0.25, 0.3) is 0 Å². The predicted molar refractivity (Wildman–Crippen MR) is 78.3 cm³/mol. The van der Waals surface area contributed by atoms with E-state index in [1.165, 1.54) is 25.7 Å². The molecule has 0 aliphatic carbocycles. The number of nitrogens with one attached hydrogen (secondary N) is 1. The van der Waals surface area contributed by atoms with Crippen molar-refractivity contribution < 1.29 is 0 Å². The van der Waals surface area contributed by atoms with Gasteiger partial charge in [-0.3, -0.25) is 0 Å². The summed E-state index contributed by atoms with van der Waals surface area (Å²) in [7, 11) is 0. The lowest BCUT2D eigenvalue weighted by molar-refractivity contribution is 0.593. The fourth-order valence-corrected chi connectivity index (χ4v) is 2.22. The summed E-state index contributed by atoms with van der Waals surface area (Å²) in [5.41, 5.74) is 0.910. The van der Waals surface area contributed by atoms with E-state index in [2.05, 4.69) is 29.1 Å². The van der Waals surface area contributed by atoms with Crippen LogP contribution in [-0.2, 0) is 6.42 Å². The van der Waals surface area contributed by atoms with Crippen molar-refractivity contribution in [1.82, 2.24) is 9.97 Å². The van der Waals surface area contributed by atoms with Gasteiger partial charge < -0.3 is 5.32 Å². The molecular formula is C14H24ClN3. The summed E-state index contributed by atoms with van der Waals surface area (Å²) in [5.74, 6) is 0.770. The predicted octanol–water partition coefficient (Wildman–Crippen LogP) is 4.46. The number of rotatable bonds is 8. The second kappa shape index (κ2) is 8.30. The Labute approximate surface area is 115 Å². The zero-order valence-electron chi connectivity index (χ0n) is 11.7. The molecule has 0 amide bonds. The smallest absolute Gasteiger partial charge is 0.148 e. The van der Waals surface area contributed by atoms with E-state index in [0.717, 1.165) is 24.4 Å². The highest BCUT2D eigenvalue weighted by atomic mass is 35.5. The summed E-state index contributed by atoms with van der Waals surface area (Å²) in [5, 5.41) is 4.05. The first-order valence-corrected chi connectivity index (χ1v) is 7.32. The number of anilines is 1. The van der Waals surface area contributed by atoms with E-state index in [9.17, 15) is 0 Å². The zero-order chi connectivity index (χ0) is 13.4. The molecule has 0 aromatic carbocycles. The second-order valence-corrected chi connectivity index (χ2v) is 5.11. The Morgan fingerprint density at radius 2 is 2.00 bits per heavy atom. The topological polar surface area (TPSA) is 37.8 Å². The van der Waals surface area contributed by atoms with Gasteiger partial charge >= 0.3 is 0 Å². The minimum absolute atomic E-state index is 0.402. The molecule has 0 spiro atoms. The van der Waals surface area contributed by atoms with Crippen LogP contribution in [0, 0.1) is 0 Å². The van der Waals surface area contributed by atoms with Gasteiger partial charge in [0.05, 0.1) is 5.69 Å². The fraction of sp³-hybridized carbons (Fsp3) is 0.714. The molecule has 0 radical (unpaired) electrons. The minimum atomic E-state index is 0.402. The SMILES string of the molecule is CCCCCCC(C)Nc1ncnc(CC)c1Cl. The Morgan fingerprint density at radius 3 is 2.67 bits per heavy atom. The number of halogens is 1. The van der Waals surface area contributed by atoms with Gasteiger partial charge in [0.15, 0.2) is 0 Å². The van der Waals surface area contributed by atoms with Gasteiger partial charge in [-0.05, 0) is 19.8 Å². The molecule has 1 N–H and O–H groups in total. The van der Waals surface area contributed by atoms with Crippen LogP contribution in [0.1, 0.15) is 58.6 Å². The number of unbranched alkanes of at least 4 members (excludes halogenated alkanes) is 3. The highest BCUT2D eigenvalue weighted by molar-refractivity contribution is 6.33. The zero-order valence-corrected chi connectivity index (χ0v) is 12.4. The number of aromatic nitrogens is 2. The highest BCUT2D eigenvalue weighted by Crippen LogP contribution is 2.23. The average Bonchev–Trinajstić information content (AvgIpc) is 2.37. The van der Waals surface area contributed by atoms with Gasteiger partial charge in [-0.1, -0.05) is 51.1 Å². The maximum absolute atomic E-state index is 6.25. The summed E-state index contributed by atoms with van der Waals surface area (Å²) >= 11 is 6.25.